The topological polar surface area (TPSA) is 44.8 Å². The van der Waals surface area contributed by atoms with Gasteiger partial charge in [0.25, 0.3) is 0 Å². The predicted molar refractivity (Wildman–Crippen MR) is 122 cm³/mol. The van der Waals surface area contributed by atoms with Crippen LogP contribution in [-0.2, 0) is 9.45 Å². The number of methoxy groups -OCH3 is 1. The van der Waals surface area contributed by atoms with Crippen molar-refractivity contribution in [2.75, 3.05) is 13.7 Å². The van der Waals surface area contributed by atoms with Gasteiger partial charge in [0.05, 0.1) is 13.7 Å². The molecule has 3 rings (SSSR count). The van der Waals surface area contributed by atoms with E-state index in [0.29, 0.717) is 18.8 Å². The Bertz CT molecular complexity index is 999. The molecule has 0 saturated heterocycles. The molecule has 0 bridgehead atoms. The molecular weight excluding hydrogens is 413 g/mol. The Morgan fingerprint density at radius 3 is 2.47 bits per heavy atom. The van der Waals surface area contributed by atoms with Crippen molar-refractivity contribution in [2.24, 2.45) is 0 Å². The molecule has 0 fully saturated rings. The molecular formula is C25H27BF2O4. The van der Waals surface area contributed by atoms with Gasteiger partial charge < -0.3 is 14.1 Å². The Hall–Kier alpha value is -3.09. The van der Waals surface area contributed by atoms with Crippen molar-refractivity contribution >= 4 is 18.8 Å². The van der Waals surface area contributed by atoms with E-state index in [4.69, 9.17) is 14.1 Å². The van der Waals surface area contributed by atoms with Crippen LogP contribution >= 0.6 is 0 Å². The van der Waals surface area contributed by atoms with Gasteiger partial charge >= 0.3 is 7.47 Å². The first-order valence-electron chi connectivity index (χ1n) is 10.7. The number of ketones is 1. The summed E-state index contributed by atoms with van der Waals surface area (Å²) in [6.07, 6.45) is 4.01. The van der Waals surface area contributed by atoms with Gasteiger partial charge in [-0.15, -0.1) is 0 Å². The van der Waals surface area contributed by atoms with E-state index in [1.54, 1.807) is 19.3 Å². The molecule has 0 saturated carbocycles. The second-order valence-corrected chi connectivity index (χ2v) is 7.61. The largest absolute Gasteiger partial charge is 0.796 e. The van der Waals surface area contributed by atoms with Crippen LogP contribution in [0.3, 0.4) is 0 Å². The molecule has 1 atom stereocenters. The molecule has 0 N–H and O–H groups in total. The highest BCUT2D eigenvalue weighted by Crippen LogP contribution is 2.44. The zero-order valence-corrected chi connectivity index (χ0v) is 18.6. The normalized spacial score (nSPS) is 15.8. The van der Waals surface area contributed by atoms with Gasteiger partial charge in [0.2, 0.25) is 0 Å². The van der Waals surface area contributed by atoms with Crippen molar-refractivity contribution in [3.8, 4) is 11.5 Å². The number of ether oxygens (including phenoxy) is 2. The molecule has 0 spiro atoms. The monoisotopic (exact) mass is 440 g/mol. The van der Waals surface area contributed by atoms with Gasteiger partial charge in [0.15, 0.2) is 5.78 Å². The standard InChI is InChI=1S/C25H27BF2O4/c1-4-5-14-31-20-12-10-18(11-13-20)19-15-22(21-8-6-7-9-23(21)30-3)25(17(2)29)24(16-19)32-26(27)28/h6-13,16,22H,4-5,14-15H2,1-3H3/t22-/m1/s1. The smallest absolute Gasteiger partial charge is 0.505 e. The average Bonchev–Trinajstić information content (AvgIpc) is 2.78. The fraction of sp³-hybridized carbons (Fsp3) is 0.320. The van der Waals surface area contributed by atoms with Gasteiger partial charge in [-0.05, 0) is 55.2 Å². The molecule has 2 aromatic carbocycles. The highest BCUT2D eigenvalue weighted by molar-refractivity contribution is 6.35. The SMILES string of the molecule is CCCCOc1ccc(C2=CC(OB(F)F)=C(C(C)=O)[C@@H](c3ccccc3OC)C2)cc1. The number of hydrogen-bond donors (Lipinski definition) is 0. The van der Waals surface area contributed by atoms with Gasteiger partial charge in [-0.3, -0.25) is 4.79 Å². The number of halogens is 2. The van der Waals surface area contributed by atoms with Crippen LogP contribution in [0.4, 0.5) is 8.63 Å². The molecule has 0 radical (unpaired) electrons. The highest BCUT2D eigenvalue weighted by Gasteiger charge is 2.33. The number of Topliss-reactive ketones (excluding diaryl/α,β-unsaturated/α-hetero) is 1. The van der Waals surface area contributed by atoms with Crippen LogP contribution in [-0.4, -0.2) is 27.0 Å². The lowest BCUT2D eigenvalue weighted by atomic mass is 9.77. The summed E-state index contributed by atoms with van der Waals surface area (Å²) in [5, 5.41) is 0. The number of carbonyl (C=O) groups excluding carboxylic acids is 1. The lowest BCUT2D eigenvalue weighted by Gasteiger charge is -2.28. The first-order chi connectivity index (χ1) is 15.4. The van der Waals surface area contributed by atoms with Crippen molar-refractivity contribution in [3.63, 3.8) is 0 Å². The second-order valence-electron chi connectivity index (χ2n) is 7.61. The van der Waals surface area contributed by atoms with Crippen LogP contribution in [0.25, 0.3) is 5.57 Å². The molecule has 1 aliphatic rings. The Labute approximate surface area is 188 Å². The second kappa shape index (κ2) is 11.0. The Balaban J connectivity index is 2.03. The fourth-order valence-electron chi connectivity index (χ4n) is 3.92. The summed E-state index contributed by atoms with van der Waals surface area (Å²) in [7, 11) is -1.49. The molecule has 168 valence electrons. The molecule has 32 heavy (non-hydrogen) atoms. The van der Waals surface area contributed by atoms with Gasteiger partial charge in [0.1, 0.15) is 17.3 Å². The fourth-order valence-corrected chi connectivity index (χ4v) is 3.92. The number of benzene rings is 2. The number of rotatable bonds is 10. The first-order valence-corrected chi connectivity index (χ1v) is 10.7. The summed E-state index contributed by atoms with van der Waals surface area (Å²) in [4.78, 5) is 12.5. The van der Waals surface area contributed by atoms with E-state index in [-0.39, 0.29) is 17.1 Å². The summed E-state index contributed by atoms with van der Waals surface area (Å²) >= 11 is 0. The number of allylic oxidation sites excluding steroid dienone is 3. The van der Waals surface area contributed by atoms with E-state index < -0.39 is 13.4 Å². The van der Waals surface area contributed by atoms with Crippen molar-refractivity contribution < 1.29 is 27.6 Å². The minimum absolute atomic E-state index is 0.104. The summed E-state index contributed by atoms with van der Waals surface area (Å²) in [6, 6.07) is 14.8. The third-order valence-corrected chi connectivity index (χ3v) is 5.44. The average molecular weight is 440 g/mol. The van der Waals surface area contributed by atoms with Gasteiger partial charge in [-0.2, -0.15) is 0 Å². The van der Waals surface area contributed by atoms with Crippen LogP contribution in [0.15, 0.2) is 65.9 Å². The predicted octanol–water partition coefficient (Wildman–Crippen LogP) is 6.23. The van der Waals surface area contributed by atoms with Crippen LogP contribution in [0, 0.1) is 0 Å². The van der Waals surface area contributed by atoms with E-state index in [2.05, 4.69) is 6.92 Å². The number of carbonyl (C=O) groups is 1. The number of para-hydroxylation sites is 1. The maximum atomic E-state index is 13.2. The highest BCUT2D eigenvalue weighted by atomic mass is 19.2. The molecule has 1 aliphatic carbocycles. The van der Waals surface area contributed by atoms with E-state index >= 15 is 0 Å². The minimum Gasteiger partial charge on any atom is -0.505 e. The molecule has 0 aromatic heterocycles. The Morgan fingerprint density at radius 2 is 1.84 bits per heavy atom. The number of hydrogen-bond acceptors (Lipinski definition) is 4. The summed E-state index contributed by atoms with van der Waals surface area (Å²) < 4.78 is 42.5. The van der Waals surface area contributed by atoms with Crippen LogP contribution < -0.4 is 9.47 Å². The van der Waals surface area contributed by atoms with Crippen LogP contribution in [0.5, 0.6) is 11.5 Å². The van der Waals surface area contributed by atoms with Crippen molar-refractivity contribution in [1.29, 1.82) is 0 Å². The molecule has 0 aliphatic heterocycles. The quantitative estimate of drug-likeness (QED) is 0.325. The van der Waals surface area contributed by atoms with E-state index in [1.807, 2.05) is 42.5 Å². The van der Waals surface area contributed by atoms with Crippen molar-refractivity contribution in [3.05, 3.63) is 77.1 Å². The molecule has 0 amide bonds. The van der Waals surface area contributed by atoms with Crippen molar-refractivity contribution in [2.45, 2.75) is 39.0 Å². The van der Waals surface area contributed by atoms with Gasteiger partial charge in [-0.25, -0.2) is 8.63 Å². The third kappa shape index (κ3) is 5.58. The number of unbranched alkanes of at least 4 members (excludes halogenated alkanes) is 1. The van der Waals surface area contributed by atoms with E-state index in [0.717, 1.165) is 35.3 Å². The maximum absolute atomic E-state index is 13.2. The summed E-state index contributed by atoms with van der Waals surface area (Å²) in [5.41, 5.74) is 2.62. The first kappa shape index (κ1) is 23.6. The molecule has 7 heteroatoms. The summed E-state index contributed by atoms with van der Waals surface area (Å²) in [5.74, 6) is 0.454. The van der Waals surface area contributed by atoms with Crippen molar-refractivity contribution in [1.82, 2.24) is 0 Å². The van der Waals surface area contributed by atoms with Crippen LogP contribution in [0.1, 0.15) is 50.2 Å². The summed E-state index contributed by atoms with van der Waals surface area (Å²) in [6.45, 7) is 4.11. The molecule has 0 heterocycles. The maximum Gasteiger partial charge on any atom is 0.796 e. The van der Waals surface area contributed by atoms with Gasteiger partial charge in [0, 0.05) is 17.1 Å². The zero-order chi connectivity index (χ0) is 23.1. The molecule has 4 nitrogen and oxygen atoms in total. The Morgan fingerprint density at radius 1 is 1.12 bits per heavy atom. The minimum atomic E-state index is -3.04. The lowest BCUT2D eigenvalue weighted by Crippen LogP contribution is -2.20. The van der Waals surface area contributed by atoms with Gasteiger partial charge in [-0.1, -0.05) is 43.7 Å². The van der Waals surface area contributed by atoms with Crippen LogP contribution in [0.2, 0.25) is 0 Å². The lowest BCUT2D eigenvalue weighted by molar-refractivity contribution is -0.114. The van der Waals surface area contributed by atoms with E-state index in [9.17, 15) is 13.4 Å². The molecule has 0 unspecified atom stereocenters. The van der Waals surface area contributed by atoms with E-state index in [1.165, 1.54) is 6.92 Å². The Kier molecular flexibility index (Phi) is 8.09. The third-order valence-electron chi connectivity index (χ3n) is 5.44. The zero-order valence-electron chi connectivity index (χ0n) is 18.6. The molecule has 2 aromatic rings.